The van der Waals surface area contributed by atoms with Gasteiger partial charge in [-0.1, -0.05) is 15.9 Å². The lowest BCUT2D eigenvalue weighted by atomic mass is 10.1. The summed E-state index contributed by atoms with van der Waals surface area (Å²) in [6, 6.07) is 5.91. The van der Waals surface area contributed by atoms with Gasteiger partial charge in [0.25, 0.3) is 0 Å². The monoisotopic (exact) mass is 280 g/mol. The van der Waals surface area contributed by atoms with E-state index in [1.54, 1.807) is 7.05 Å². The van der Waals surface area contributed by atoms with Gasteiger partial charge in [0.05, 0.1) is 6.54 Å². The van der Waals surface area contributed by atoms with Crippen LogP contribution < -0.4 is 5.32 Å². The maximum absolute atomic E-state index is 12.0. The molecule has 0 aliphatic rings. The minimum absolute atomic E-state index is 0.115. The highest BCUT2D eigenvalue weighted by atomic mass is 79.9. The largest absolute Gasteiger partial charge is 0.358 e. The minimum Gasteiger partial charge on any atom is -0.358 e. The molecule has 0 aliphatic heterocycles. The van der Waals surface area contributed by atoms with E-state index in [1.807, 2.05) is 25.1 Å². The average Bonchev–Trinajstić information content (AvgIpc) is 2.53. The Morgan fingerprint density at radius 2 is 2.25 bits per heavy atom. The Hall–Kier alpha value is -1.13. The van der Waals surface area contributed by atoms with E-state index in [0.29, 0.717) is 6.54 Å². The first-order chi connectivity index (χ1) is 7.63. The summed E-state index contributed by atoms with van der Waals surface area (Å²) in [6.45, 7) is 2.29. The van der Waals surface area contributed by atoms with Gasteiger partial charge in [0.2, 0.25) is 0 Å². The van der Waals surface area contributed by atoms with Crippen LogP contribution in [0.2, 0.25) is 0 Å². The van der Waals surface area contributed by atoms with Crippen molar-refractivity contribution in [2.45, 2.75) is 6.92 Å². The number of rotatable bonds is 3. The summed E-state index contributed by atoms with van der Waals surface area (Å²) in [4.78, 5) is 15.2. The average molecular weight is 281 g/mol. The molecule has 0 spiro atoms. The van der Waals surface area contributed by atoms with E-state index in [4.69, 9.17) is 0 Å². The normalized spacial score (nSPS) is 10.9. The molecule has 1 aromatic carbocycles. The molecular formula is C12H13BrN2O. The summed E-state index contributed by atoms with van der Waals surface area (Å²) in [5.74, 6) is 0.115. The molecule has 0 atom stereocenters. The fraction of sp³-hybridized carbons (Fsp3) is 0.250. The van der Waals surface area contributed by atoms with Crippen LogP contribution in [0.25, 0.3) is 10.9 Å². The Bertz CT molecular complexity index is 545. The van der Waals surface area contributed by atoms with Gasteiger partial charge in [0, 0.05) is 26.6 Å². The van der Waals surface area contributed by atoms with E-state index in [1.165, 1.54) is 0 Å². The van der Waals surface area contributed by atoms with Crippen molar-refractivity contribution in [2.75, 3.05) is 13.6 Å². The first kappa shape index (κ1) is 11.4. The molecule has 1 heterocycles. The summed E-state index contributed by atoms with van der Waals surface area (Å²) in [7, 11) is 1.78. The highest BCUT2D eigenvalue weighted by molar-refractivity contribution is 9.10. The van der Waals surface area contributed by atoms with Gasteiger partial charge in [0.15, 0.2) is 5.78 Å². The number of hydrogen-bond acceptors (Lipinski definition) is 2. The molecular weight excluding hydrogens is 268 g/mol. The third kappa shape index (κ3) is 1.90. The van der Waals surface area contributed by atoms with Crippen LogP contribution in [0.1, 0.15) is 16.1 Å². The van der Waals surface area contributed by atoms with E-state index in [-0.39, 0.29) is 5.78 Å². The van der Waals surface area contributed by atoms with Gasteiger partial charge >= 0.3 is 0 Å². The van der Waals surface area contributed by atoms with Crippen LogP contribution in [0.15, 0.2) is 22.7 Å². The number of fused-ring (bicyclic) bond motifs is 1. The predicted molar refractivity (Wildman–Crippen MR) is 69.0 cm³/mol. The van der Waals surface area contributed by atoms with Crippen molar-refractivity contribution in [3.05, 3.63) is 33.9 Å². The molecule has 4 heteroatoms. The van der Waals surface area contributed by atoms with Crippen LogP contribution in [0.3, 0.4) is 0 Å². The topological polar surface area (TPSA) is 44.9 Å². The zero-order valence-corrected chi connectivity index (χ0v) is 10.8. The number of benzene rings is 1. The number of aromatic amines is 1. The fourth-order valence-corrected chi connectivity index (χ4v) is 2.27. The second-order valence-electron chi connectivity index (χ2n) is 3.77. The summed E-state index contributed by atoms with van der Waals surface area (Å²) >= 11 is 3.42. The molecule has 2 rings (SSSR count). The Balaban J connectivity index is 2.62. The molecule has 2 aromatic rings. The Labute approximate surface area is 102 Å². The van der Waals surface area contributed by atoms with Gasteiger partial charge in [-0.05, 0) is 32.2 Å². The second-order valence-corrected chi connectivity index (χ2v) is 4.68. The van der Waals surface area contributed by atoms with E-state index in [9.17, 15) is 4.79 Å². The maximum atomic E-state index is 12.0. The van der Waals surface area contributed by atoms with Crippen LogP contribution in [0, 0.1) is 6.92 Å². The van der Waals surface area contributed by atoms with Crippen molar-refractivity contribution in [3.8, 4) is 0 Å². The predicted octanol–water partition coefficient (Wildman–Crippen LogP) is 2.64. The zero-order valence-electron chi connectivity index (χ0n) is 9.23. The number of aryl methyl sites for hydroxylation is 1. The lowest BCUT2D eigenvalue weighted by molar-refractivity contribution is 0.0994. The fourth-order valence-electron chi connectivity index (χ4n) is 1.91. The van der Waals surface area contributed by atoms with Crippen molar-refractivity contribution >= 4 is 32.6 Å². The molecule has 0 radical (unpaired) electrons. The van der Waals surface area contributed by atoms with Crippen molar-refractivity contribution < 1.29 is 4.79 Å². The van der Waals surface area contributed by atoms with E-state index >= 15 is 0 Å². The third-order valence-corrected chi connectivity index (χ3v) is 3.06. The number of ketones is 1. The van der Waals surface area contributed by atoms with Gasteiger partial charge in [-0.2, -0.15) is 0 Å². The number of carbonyl (C=O) groups is 1. The number of carbonyl (C=O) groups excluding carboxylic acids is 1. The van der Waals surface area contributed by atoms with Crippen LogP contribution >= 0.6 is 15.9 Å². The third-order valence-electron chi connectivity index (χ3n) is 2.56. The van der Waals surface area contributed by atoms with Crippen LogP contribution in [-0.2, 0) is 0 Å². The number of nitrogens with one attached hydrogen (secondary N) is 2. The van der Waals surface area contributed by atoms with Crippen molar-refractivity contribution in [1.29, 1.82) is 0 Å². The van der Waals surface area contributed by atoms with Crippen LogP contribution in [-0.4, -0.2) is 24.4 Å². The summed E-state index contributed by atoms with van der Waals surface area (Å²) in [5.41, 5.74) is 2.71. The summed E-state index contributed by atoms with van der Waals surface area (Å²) < 4.78 is 0.984. The first-order valence-corrected chi connectivity index (χ1v) is 5.88. The minimum atomic E-state index is 0.115. The number of aromatic nitrogens is 1. The van der Waals surface area contributed by atoms with Gasteiger partial charge in [-0.25, -0.2) is 0 Å². The van der Waals surface area contributed by atoms with E-state index in [0.717, 1.165) is 26.6 Å². The molecule has 2 N–H and O–H groups in total. The molecule has 0 bridgehead atoms. The molecule has 1 aromatic heterocycles. The lowest BCUT2D eigenvalue weighted by Gasteiger charge is -2.00. The van der Waals surface area contributed by atoms with Crippen molar-refractivity contribution in [3.63, 3.8) is 0 Å². The lowest BCUT2D eigenvalue weighted by Crippen LogP contribution is -2.18. The van der Waals surface area contributed by atoms with E-state index < -0.39 is 0 Å². The van der Waals surface area contributed by atoms with Gasteiger partial charge in [-0.15, -0.1) is 0 Å². The van der Waals surface area contributed by atoms with Crippen molar-refractivity contribution in [2.24, 2.45) is 0 Å². The summed E-state index contributed by atoms with van der Waals surface area (Å²) in [5, 5.41) is 3.87. The number of hydrogen-bond donors (Lipinski definition) is 2. The number of Topliss-reactive ketones (excluding diaryl/α,β-unsaturated/α-hetero) is 1. The Morgan fingerprint density at radius 1 is 1.50 bits per heavy atom. The highest BCUT2D eigenvalue weighted by Crippen LogP contribution is 2.25. The smallest absolute Gasteiger partial charge is 0.179 e. The standard InChI is InChI=1S/C12H13BrN2O/c1-7-12(11(16)6-14-2)9-5-8(13)3-4-10(9)15-7/h3-5,14-15H,6H2,1-2H3. The SMILES string of the molecule is CNCC(=O)c1c(C)[nH]c2ccc(Br)cc12. The molecule has 0 aliphatic carbocycles. The first-order valence-electron chi connectivity index (χ1n) is 5.09. The van der Waals surface area contributed by atoms with Crippen molar-refractivity contribution in [1.82, 2.24) is 10.3 Å². The quantitative estimate of drug-likeness (QED) is 0.849. The molecule has 0 saturated heterocycles. The summed E-state index contributed by atoms with van der Waals surface area (Å²) in [6.07, 6.45) is 0. The zero-order chi connectivity index (χ0) is 11.7. The second kappa shape index (κ2) is 4.39. The molecule has 0 fully saturated rings. The molecule has 0 saturated carbocycles. The molecule has 84 valence electrons. The number of H-pyrrole nitrogens is 1. The van der Waals surface area contributed by atoms with Gasteiger partial charge in [-0.3, -0.25) is 4.79 Å². The highest BCUT2D eigenvalue weighted by Gasteiger charge is 2.15. The number of halogens is 1. The van der Waals surface area contributed by atoms with Crippen LogP contribution in [0.5, 0.6) is 0 Å². The molecule has 16 heavy (non-hydrogen) atoms. The molecule has 0 amide bonds. The van der Waals surface area contributed by atoms with E-state index in [2.05, 4.69) is 26.2 Å². The number of likely N-dealkylation sites (N-methyl/N-ethyl adjacent to an activating group) is 1. The Kier molecular flexibility index (Phi) is 3.12. The maximum Gasteiger partial charge on any atom is 0.179 e. The van der Waals surface area contributed by atoms with Gasteiger partial charge in [0.1, 0.15) is 0 Å². The van der Waals surface area contributed by atoms with Crippen LogP contribution in [0.4, 0.5) is 0 Å². The molecule has 0 unspecified atom stereocenters. The van der Waals surface area contributed by atoms with Gasteiger partial charge < -0.3 is 10.3 Å². The Morgan fingerprint density at radius 3 is 2.94 bits per heavy atom. The molecule has 3 nitrogen and oxygen atoms in total.